The third-order valence-electron chi connectivity index (χ3n) is 5.07. The minimum absolute atomic E-state index is 0.151. The second kappa shape index (κ2) is 9.19. The lowest BCUT2D eigenvalue weighted by Crippen LogP contribution is -2.43. The second-order valence-corrected chi connectivity index (χ2v) is 8.83. The molecule has 0 saturated carbocycles. The summed E-state index contributed by atoms with van der Waals surface area (Å²) in [6.45, 7) is 1.34. The van der Waals surface area contributed by atoms with Gasteiger partial charge in [0.05, 0.1) is 0 Å². The Morgan fingerprint density at radius 1 is 1.14 bits per heavy atom. The van der Waals surface area contributed by atoms with E-state index in [1.807, 2.05) is 30.3 Å². The predicted molar refractivity (Wildman–Crippen MR) is 113 cm³/mol. The quantitative estimate of drug-likeness (QED) is 0.780. The molecule has 1 fully saturated rings. The summed E-state index contributed by atoms with van der Waals surface area (Å²) in [4.78, 5) is 26.4. The molecule has 2 aromatic rings. The van der Waals surface area contributed by atoms with E-state index in [4.69, 9.17) is 0 Å². The topological polar surface area (TPSA) is 88.5 Å². The van der Waals surface area contributed by atoms with E-state index in [1.165, 1.54) is 9.98 Å². The molecule has 0 unspecified atom stereocenters. The standard InChI is InChI=1S/C21H25N3O4S/c1-23-12-5-8-19(20(23)25)21(26)24-13-9-18(10-14-24)16-22-29(27,28)15-11-17-6-3-2-4-7-17/h2-8,11-12,15,18,22H,9-10,13-14,16H2,1H3. The van der Waals surface area contributed by atoms with Crippen molar-refractivity contribution >= 4 is 22.0 Å². The number of nitrogens with one attached hydrogen (secondary N) is 1. The summed E-state index contributed by atoms with van der Waals surface area (Å²) in [6, 6.07) is 12.5. The Morgan fingerprint density at radius 3 is 2.52 bits per heavy atom. The number of rotatable bonds is 6. The number of carbonyl (C=O) groups is 1. The fraction of sp³-hybridized carbons (Fsp3) is 0.333. The predicted octanol–water partition coefficient (Wildman–Crippen LogP) is 1.83. The molecular weight excluding hydrogens is 390 g/mol. The number of likely N-dealkylation sites (tertiary alicyclic amines) is 1. The van der Waals surface area contributed by atoms with Crippen LogP contribution in [0.2, 0.25) is 0 Å². The Balaban J connectivity index is 1.51. The highest BCUT2D eigenvalue weighted by atomic mass is 32.2. The van der Waals surface area contributed by atoms with Crippen molar-refractivity contribution in [2.24, 2.45) is 13.0 Å². The van der Waals surface area contributed by atoms with Crippen molar-refractivity contribution in [3.8, 4) is 0 Å². The number of amides is 1. The van der Waals surface area contributed by atoms with Gasteiger partial charge in [0.2, 0.25) is 10.0 Å². The summed E-state index contributed by atoms with van der Waals surface area (Å²) < 4.78 is 28.4. The van der Waals surface area contributed by atoms with Crippen molar-refractivity contribution < 1.29 is 13.2 Å². The molecule has 1 aromatic heterocycles. The Bertz CT molecular complexity index is 1040. The van der Waals surface area contributed by atoms with Crippen LogP contribution in [0.3, 0.4) is 0 Å². The summed E-state index contributed by atoms with van der Waals surface area (Å²) in [5, 5.41) is 1.17. The summed E-state index contributed by atoms with van der Waals surface area (Å²) >= 11 is 0. The minimum atomic E-state index is -3.52. The fourth-order valence-electron chi connectivity index (χ4n) is 3.29. The Morgan fingerprint density at radius 2 is 1.83 bits per heavy atom. The van der Waals surface area contributed by atoms with Crippen molar-refractivity contribution in [2.45, 2.75) is 12.8 Å². The van der Waals surface area contributed by atoms with Gasteiger partial charge in [0.15, 0.2) is 0 Å². The molecule has 1 N–H and O–H groups in total. The lowest BCUT2D eigenvalue weighted by Gasteiger charge is -2.31. The molecular formula is C21H25N3O4S. The number of hydrogen-bond acceptors (Lipinski definition) is 4. The molecule has 0 aliphatic carbocycles. The number of piperidine rings is 1. The van der Waals surface area contributed by atoms with Crippen LogP contribution < -0.4 is 10.3 Å². The van der Waals surface area contributed by atoms with Crippen LogP contribution in [0.15, 0.2) is 58.9 Å². The molecule has 1 aliphatic heterocycles. The van der Waals surface area contributed by atoms with Gasteiger partial charge in [-0.2, -0.15) is 0 Å². The van der Waals surface area contributed by atoms with Crippen molar-refractivity contribution in [3.63, 3.8) is 0 Å². The molecule has 0 bridgehead atoms. The number of hydrogen-bond donors (Lipinski definition) is 1. The second-order valence-electron chi connectivity index (χ2n) is 7.18. The lowest BCUT2D eigenvalue weighted by atomic mass is 9.97. The first kappa shape index (κ1) is 21.0. The Labute approximate surface area is 170 Å². The minimum Gasteiger partial charge on any atom is -0.338 e. The average molecular weight is 416 g/mol. The smallest absolute Gasteiger partial charge is 0.263 e. The molecule has 29 heavy (non-hydrogen) atoms. The van der Waals surface area contributed by atoms with Gasteiger partial charge in [-0.1, -0.05) is 30.3 Å². The largest absolute Gasteiger partial charge is 0.338 e. The molecule has 0 atom stereocenters. The van der Waals surface area contributed by atoms with Gasteiger partial charge < -0.3 is 9.47 Å². The third-order valence-corrected chi connectivity index (χ3v) is 6.13. The van der Waals surface area contributed by atoms with Gasteiger partial charge in [0, 0.05) is 38.3 Å². The molecule has 1 amide bonds. The van der Waals surface area contributed by atoms with Gasteiger partial charge in [0.25, 0.3) is 11.5 Å². The van der Waals surface area contributed by atoms with E-state index in [2.05, 4.69) is 4.72 Å². The van der Waals surface area contributed by atoms with Crippen LogP contribution in [0.1, 0.15) is 28.8 Å². The number of pyridine rings is 1. The van der Waals surface area contributed by atoms with Crippen molar-refractivity contribution in [3.05, 3.63) is 75.6 Å². The average Bonchev–Trinajstić information content (AvgIpc) is 2.74. The summed E-state index contributed by atoms with van der Waals surface area (Å²) in [7, 11) is -1.90. The molecule has 1 saturated heterocycles. The van der Waals surface area contributed by atoms with Gasteiger partial charge >= 0.3 is 0 Å². The molecule has 154 valence electrons. The zero-order valence-electron chi connectivity index (χ0n) is 16.3. The van der Waals surface area contributed by atoms with Crippen LogP contribution in [-0.2, 0) is 17.1 Å². The Hall–Kier alpha value is -2.71. The van der Waals surface area contributed by atoms with Crippen molar-refractivity contribution in [2.75, 3.05) is 19.6 Å². The maximum atomic E-state index is 12.6. The highest BCUT2D eigenvalue weighted by Gasteiger charge is 2.25. The van der Waals surface area contributed by atoms with Crippen molar-refractivity contribution in [1.29, 1.82) is 0 Å². The highest BCUT2D eigenvalue weighted by molar-refractivity contribution is 7.92. The van der Waals surface area contributed by atoms with Gasteiger partial charge in [0.1, 0.15) is 5.56 Å². The van der Waals surface area contributed by atoms with Gasteiger partial charge in [-0.25, -0.2) is 13.1 Å². The normalized spacial score (nSPS) is 15.7. The van der Waals surface area contributed by atoms with Gasteiger partial charge in [-0.3, -0.25) is 9.59 Å². The number of benzene rings is 1. The molecule has 8 heteroatoms. The number of carbonyl (C=O) groups excluding carboxylic acids is 1. The van der Waals surface area contributed by atoms with Crippen LogP contribution in [0.5, 0.6) is 0 Å². The van der Waals surface area contributed by atoms with E-state index >= 15 is 0 Å². The number of aromatic nitrogens is 1. The van der Waals surface area contributed by atoms with Gasteiger partial charge in [-0.05, 0) is 42.5 Å². The van der Waals surface area contributed by atoms with E-state index < -0.39 is 10.0 Å². The third kappa shape index (κ3) is 5.65. The molecule has 0 spiro atoms. The van der Waals surface area contributed by atoms with Crippen LogP contribution in [0.4, 0.5) is 0 Å². The molecule has 7 nitrogen and oxygen atoms in total. The molecule has 0 radical (unpaired) electrons. The number of nitrogens with zero attached hydrogens (tertiary/aromatic N) is 2. The number of sulfonamides is 1. The first-order chi connectivity index (χ1) is 13.9. The zero-order chi connectivity index (χ0) is 20.9. The highest BCUT2D eigenvalue weighted by Crippen LogP contribution is 2.18. The zero-order valence-corrected chi connectivity index (χ0v) is 17.1. The van der Waals surface area contributed by atoms with Crippen LogP contribution in [-0.4, -0.2) is 43.4 Å². The monoisotopic (exact) mass is 415 g/mol. The number of aryl methyl sites for hydroxylation is 1. The van der Waals surface area contributed by atoms with E-state index in [1.54, 1.807) is 36.4 Å². The van der Waals surface area contributed by atoms with Crippen molar-refractivity contribution in [1.82, 2.24) is 14.2 Å². The maximum Gasteiger partial charge on any atom is 0.263 e. The fourth-order valence-corrected chi connectivity index (χ4v) is 4.19. The van der Waals surface area contributed by atoms with E-state index in [0.29, 0.717) is 32.5 Å². The molecule has 1 aliphatic rings. The summed E-state index contributed by atoms with van der Waals surface area (Å²) in [5.74, 6) is -0.117. The SMILES string of the molecule is Cn1cccc(C(=O)N2CCC(CNS(=O)(=O)C=Cc3ccccc3)CC2)c1=O. The summed E-state index contributed by atoms with van der Waals surface area (Å²) in [5.41, 5.74) is 0.675. The molecule has 3 rings (SSSR count). The maximum absolute atomic E-state index is 12.6. The van der Waals surface area contributed by atoms with Crippen LogP contribution in [0.25, 0.3) is 6.08 Å². The first-order valence-electron chi connectivity index (χ1n) is 9.53. The van der Waals surface area contributed by atoms with Crippen LogP contribution >= 0.6 is 0 Å². The Kier molecular flexibility index (Phi) is 6.66. The van der Waals surface area contributed by atoms with Crippen LogP contribution in [0, 0.1) is 5.92 Å². The van der Waals surface area contributed by atoms with E-state index in [-0.39, 0.29) is 22.9 Å². The molecule has 2 heterocycles. The first-order valence-corrected chi connectivity index (χ1v) is 11.1. The van der Waals surface area contributed by atoms with Gasteiger partial charge in [-0.15, -0.1) is 0 Å². The summed E-state index contributed by atoms with van der Waals surface area (Å²) in [6.07, 6.45) is 4.54. The lowest BCUT2D eigenvalue weighted by molar-refractivity contribution is 0.0689. The van der Waals surface area contributed by atoms with E-state index in [9.17, 15) is 18.0 Å². The van der Waals surface area contributed by atoms with E-state index in [0.717, 1.165) is 5.56 Å². The molecule has 1 aromatic carbocycles.